The molecule has 0 radical (unpaired) electrons. The first kappa shape index (κ1) is 18.4. The van der Waals surface area contributed by atoms with Gasteiger partial charge in [-0.15, -0.1) is 5.12 Å². The fourth-order valence-corrected chi connectivity index (χ4v) is 3.66. The van der Waals surface area contributed by atoms with Crippen LogP contribution in [0.5, 0.6) is 0 Å². The first-order valence-electron chi connectivity index (χ1n) is 8.18. The maximum absolute atomic E-state index is 6.18. The van der Waals surface area contributed by atoms with E-state index < -0.39 is 0 Å². The minimum atomic E-state index is 0.191. The molecule has 25 heavy (non-hydrogen) atoms. The van der Waals surface area contributed by atoms with E-state index in [2.05, 4.69) is 69.7 Å². The zero-order valence-corrected chi connectivity index (χ0v) is 17.5. The van der Waals surface area contributed by atoms with Crippen molar-refractivity contribution < 1.29 is 0 Å². The van der Waals surface area contributed by atoms with Crippen molar-refractivity contribution in [1.29, 1.82) is 0 Å². The van der Waals surface area contributed by atoms with Crippen LogP contribution in [0.3, 0.4) is 0 Å². The van der Waals surface area contributed by atoms with Crippen molar-refractivity contribution in [3.05, 3.63) is 33.5 Å². The number of hydrazine groups is 2. The molecule has 1 aliphatic heterocycles. The number of fused-ring (bicyclic) bond motifs is 1. The average molecular weight is 428 g/mol. The van der Waals surface area contributed by atoms with Crippen molar-refractivity contribution in [3.8, 4) is 0 Å². The maximum atomic E-state index is 6.18. The van der Waals surface area contributed by atoms with Gasteiger partial charge in [0, 0.05) is 26.8 Å². The van der Waals surface area contributed by atoms with Crippen LogP contribution < -0.4 is 15.8 Å². The summed E-state index contributed by atoms with van der Waals surface area (Å²) in [6, 6.07) is 4.21. The third kappa shape index (κ3) is 3.88. The third-order valence-corrected chi connectivity index (χ3v) is 5.10. The second-order valence-corrected chi connectivity index (χ2v) is 8.73. The van der Waals surface area contributed by atoms with Crippen LogP contribution in [-0.2, 0) is 13.6 Å². The summed E-state index contributed by atoms with van der Waals surface area (Å²) in [6.45, 7) is 8.20. The van der Waals surface area contributed by atoms with Crippen LogP contribution in [0.15, 0.2) is 22.8 Å². The minimum absolute atomic E-state index is 0.191. The molecule has 0 atom stereocenters. The van der Waals surface area contributed by atoms with E-state index >= 15 is 0 Å². The molecule has 1 aromatic carbocycles. The lowest BCUT2D eigenvalue weighted by Crippen LogP contribution is -2.43. The SMILES string of the molecule is CN1Nc2c(ccc(NCc3nn(C)cc3Cl)c2Br)N1CC(C)(C)C. The van der Waals surface area contributed by atoms with Gasteiger partial charge < -0.3 is 5.32 Å². The molecule has 6 nitrogen and oxygen atoms in total. The highest BCUT2D eigenvalue weighted by Gasteiger charge is 2.30. The van der Waals surface area contributed by atoms with Gasteiger partial charge in [0.05, 0.1) is 33.1 Å². The molecule has 2 heterocycles. The highest BCUT2D eigenvalue weighted by molar-refractivity contribution is 9.10. The Labute approximate surface area is 162 Å². The maximum Gasteiger partial charge on any atom is 0.100 e. The predicted octanol–water partition coefficient (Wildman–Crippen LogP) is 4.49. The summed E-state index contributed by atoms with van der Waals surface area (Å²) in [7, 11) is 3.89. The number of anilines is 3. The van der Waals surface area contributed by atoms with Gasteiger partial charge in [0.25, 0.3) is 0 Å². The zero-order valence-electron chi connectivity index (χ0n) is 15.2. The Bertz CT molecular complexity index is 782. The number of hydrogen-bond donors (Lipinski definition) is 2. The van der Waals surface area contributed by atoms with Crippen LogP contribution in [0.4, 0.5) is 17.1 Å². The Morgan fingerprint density at radius 2 is 2.00 bits per heavy atom. The van der Waals surface area contributed by atoms with Crippen LogP contribution in [-0.4, -0.2) is 28.5 Å². The van der Waals surface area contributed by atoms with E-state index in [1.807, 2.05) is 19.2 Å². The molecular formula is C17H24BrClN6. The summed E-state index contributed by atoms with van der Waals surface area (Å²) in [6.07, 6.45) is 1.80. The largest absolute Gasteiger partial charge is 0.378 e. The highest BCUT2D eigenvalue weighted by Crippen LogP contribution is 2.44. The molecule has 0 amide bonds. The minimum Gasteiger partial charge on any atom is -0.378 e. The number of rotatable bonds is 4. The molecule has 0 fully saturated rings. The molecule has 136 valence electrons. The van der Waals surface area contributed by atoms with Gasteiger partial charge in [0.1, 0.15) is 5.69 Å². The van der Waals surface area contributed by atoms with Gasteiger partial charge in [0.15, 0.2) is 0 Å². The van der Waals surface area contributed by atoms with E-state index in [-0.39, 0.29) is 5.41 Å². The molecule has 0 unspecified atom stereocenters. The van der Waals surface area contributed by atoms with Gasteiger partial charge in [-0.1, -0.05) is 32.4 Å². The molecular weight excluding hydrogens is 404 g/mol. The Balaban J connectivity index is 1.81. The number of nitrogens with one attached hydrogen (secondary N) is 2. The van der Waals surface area contributed by atoms with Gasteiger partial charge in [-0.3, -0.25) is 15.1 Å². The second kappa shape index (κ2) is 6.70. The average Bonchev–Trinajstić information content (AvgIpc) is 2.98. The molecule has 0 saturated carbocycles. The lowest BCUT2D eigenvalue weighted by molar-refractivity contribution is 0.306. The standard InChI is InChI=1S/C17H24BrClN6/c1-17(2,3)10-25-14-7-6-12(15(18)16(14)22-24(25)5)20-8-13-11(19)9-23(4)21-13/h6-7,9,20,22H,8,10H2,1-5H3. The van der Waals surface area contributed by atoms with E-state index in [0.717, 1.165) is 33.8 Å². The molecule has 1 aliphatic rings. The topological polar surface area (TPSA) is 48.4 Å². The lowest BCUT2D eigenvalue weighted by atomic mass is 9.96. The summed E-state index contributed by atoms with van der Waals surface area (Å²) in [5, 5.41) is 12.7. The zero-order chi connectivity index (χ0) is 18.4. The molecule has 2 aromatic rings. The van der Waals surface area contributed by atoms with Crippen molar-refractivity contribution in [2.75, 3.05) is 29.3 Å². The molecule has 0 bridgehead atoms. The lowest BCUT2D eigenvalue weighted by Gasteiger charge is -2.32. The van der Waals surface area contributed by atoms with Gasteiger partial charge >= 0.3 is 0 Å². The van der Waals surface area contributed by atoms with Crippen molar-refractivity contribution in [3.63, 3.8) is 0 Å². The second-order valence-electron chi connectivity index (χ2n) is 7.53. The quantitative estimate of drug-likeness (QED) is 0.753. The van der Waals surface area contributed by atoms with E-state index in [1.54, 1.807) is 10.9 Å². The van der Waals surface area contributed by atoms with E-state index in [1.165, 1.54) is 0 Å². The molecule has 0 spiro atoms. The Kier molecular flexibility index (Phi) is 4.92. The fraction of sp³-hybridized carbons (Fsp3) is 0.471. The van der Waals surface area contributed by atoms with Crippen LogP contribution in [0.2, 0.25) is 5.02 Å². The first-order chi connectivity index (χ1) is 11.7. The van der Waals surface area contributed by atoms with Crippen LogP contribution in [0.25, 0.3) is 0 Å². The summed E-state index contributed by atoms with van der Waals surface area (Å²) in [4.78, 5) is 0. The van der Waals surface area contributed by atoms with Gasteiger partial charge in [-0.2, -0.15) is 5.10 Å². The summed E-state index contributed by atoms with van der Waals surface area (Å²) in [5.41, 5.74) is 7.66. The van der Waals surface area contributed by atoms with Crippen molar-refractivity contribution >= 4 is 44.6 Å². The molecule has 0 aliphatic carbocycles. The molecule has 3 rings (SSSR count). The molecule has 8 heteroatoms. The number of aromatic nitrogens is 2. The van der Waals surface area contributed by atoms with Gasteiger partial charge in [-0.25, -0.2) is 0 Å². The summed E-state index contributed by atoms with van der Waals surface area (Å²) < 4.78 is 2.72. The number of halogens is 2. The van der Waals surface area contributed by atoms with Crippen molar-refractivity contribution in [1.82, 2.24) is 14.9 Å². The predicted molar refractivity (Wildman–Crippen MR) is 108 cm³/mol. The first-order valence-corrected chi connectivity index (χ1v) is 9.35. The van der Waals surface area contributed by atoms with Gasteiger partial charge in [-0.05, 0) is 33.5 Å². The highest BCUT2D eigenvalue weighted by atomic mass is 79.9. The Morgan fingerprint density at radius 3 is 2.60 bits per heavy atom. The monoisotopic (exact) mass is 426 g/mol. The van der Waals surface area contributed by atoms with E-state index in [0.29, 0.717) is 11.6 Å². The summed E-state index contributed by atoms with van der Waals surface area (Å²) in [5.74, 6) is 0. The number of nitrogens with zero attached hydrogens (tertiary/aromatic N) is 4. The van der Waals surface area contributed by atoms with E-state index in [9.17, 15) is 0 Å². The molecule has 1 aromatic heterocycles. The van der Waals surface area contributed by atoms with Crippen molar-refractivity contribution in [2.45, 2.75) is 27.3 Å². The Hall–Kier alpha value is -1.44. The van der Waals surface area contributed by atoms with Crippen LogP contribution in [0.1, 0.15) is 26.5 Å². The Morgan fingerprint density at radius 1 is 1.28 bits per heavy atom. The molecule has 2 N–H and O–H groups in total. The van der Waals surface area contributed by atoms with Crippen LogP contribution in [0, 0.1) is 5.41 Å². The van der Waals surface area contributed by atoms with Gasteiger partial charge in [0.2, 0.25) is 0 Å². The number of benzene rings is 1. The van der Waals surface area contributed by atoms with E-state index in [4.69, 9.17) is 11.6 Å². The summed E-state index contributed by atoms with van der Waals surface area (Å²) >= 11 is 9.91. The molecule has 0 saturated heterocycles. The normalized spacial score (nSPS) is 14.6. The van der Waals surface area contributed by atoms with Crippen molar-refractivity contribution in [2.24, 2.45) is 12.5 Å². The van der Waals surface area contributed by atoms with Crippen LogP contribution >= 0.6 is 27.5 Å². The third-order valence-electron chi connectivity index (χ3n) is 3.96. The number of aryl methyl sites for hydroxylation is 1. The smallest absolute Gasteiger partial charge is 0.100 e. The number of hydrogen-bond acceptors (Lipinski definition) is 5. The fourth-order valence-electron chi connectivity index (χ4n) is 2.85.